The second-order valence-electron chi connectivity index (χ2n) is 4.45. The Hall–Kier alpha value is -1.81. The molecule has 4 nitrogen and oxygen atoms in total. The maximum absolute atomic E-state index is 11.9. The molecule has 4 heteroatoms. The van der Waals surface area contributed by atoms with Gasteiger partial charge in [0.05, 0.1) is 0 Å². The smallest absolute Gasteiger partial charge is 0.415 e. The zero-order valence-corrected chi connectivity index (χ0v) is 10.8. The van der Waals surface area contributed by atoms with Gasteiger partial charge in [-0.15, -0.1) is 0 Å². The largest absolute Gasteiger partial charge is 0.419 e. The lowest BCUT2D eigenvalue weighted by molar-refractivity contribution is 0.175. The summed E-state index contributed by atoms with van der Waals surface area (Å²) >= 11 is 0. The summed E-state index contributed by atoms with van der Waals surface area (Å²) < 4.78 is 5.38. The summed E-state index contributed by atoms with van der Waals surface area (Å²) in [5, 5.41) is 0. The number of hydrogen-bond acceptors (Lipinski definition) is 3. The van der Waals surface area contributed by atoms with Gasteiger partial charge in [0.1, 0.15) is 5.76 Å². The first kappa shape index (κ1) is 12.6. The number of amides is 1. The van der Waals surface area contributed by atoms with E-state index < -0.39 is 0 Å². The van der Waals surface area contributed by atoms with Crippen LogP contribution in [0, 0.1) is 0 Å². The molecule has 0 fully saturated rings. The zero-order valence-electron chi connectivity index (χ0n) is 10.8. The molecule has 0 spiro atoms. The standard InChI is InChI=1S/C14H18N2O2/c1-15-10-8-13(9-11-15)18-14(17)16(2)12-6-4-3-5-7-12/h3-8H,9-11H2,1-2H3. The SMILES string of the molecule is CN1CC=C(OC(=O)N(C)c2ccccc2)CC1. The lowest BCUT2D eigenvalue weighted by Gasteiger charge is -2.23. The van der Waals surface area contributed by atoms with Crippen LogP contribution in [0.2, 0.25) is 0 Å². The minimum Gasteiger partial charge on any atom is -0.415 e. The molecule has 0 atom stereocenters. The number of nitrogens with zero attached hydrogens (tertiary/aromatic N) is 2. The fourth-order valence-electron chi connectivity index (χ4n) is 1.78. The molecule has 1 heterocycles. The summed E-state index contributed by atoms with van der Waals surface area (Å²) in [7, 11) is 3.76. The molecule has 2 rings (SSSR count). The molecule has 1 aliphatic rings. The fraction of sp³-hybridized carbons (Fsp3) is 0.357. The summed E-state index contributed by atoms with van der Waals surface area (Å²) in [6, 6.07) is 9.47. The number of likely N-dealkylation sites (N-methyl/N-ethyl adjacent to an activating group) is 1. The maximum Gasteiger partial charge on any atom is 0.419 e. The number of anilines is 1. The van der Waals surface area contributed by atoms with Gasteiger partial charge in [0.15, 0.2) is 0 Å². The summed E-state index contributed by atoms with van der Waals surface area (Å²) in [6.45, 7) is 1.76. The van der Waals surface area contributed by atoms with Gasteiger partial charge in [-0.1, -0.05) is 18.2 Å². The van der Waals surface area contributed by atoms with E-state index >= 15 is 0 Å². The van der Waals surface area contributed by atoms with Crippen LogP contribution in [0.25, 0.3) is 0 Å². The van der Waals surface area contributed by atoms with Crippen LogP contribution in [0.3, 0.4) is 0 Å². The molecule has 0 aliphatic carbocycles. The monoisotopic (exact) mass is 246 g/mol. The Balaban J connectivity index is 1.96. The first-order chi connectivity index (χ1) is 8.66. The third-order valence-corrected chi connectivity index (χ3v) is 3.01. The van der Waals surface area contributed by atoms with E-state index in [-0.39, 0.29) is 6.09 Å². The number of carbonyl (C=O) groups excluding carboxylic acids is 1. The average Bonchev–Trinajstić information content (AvgIpc) is 2.41. The third kappa shape index (κ3) is 3.11. The first-order valence-corrected chi connectivity index (χ1v) is 6.05. The molecule has 1 aromatic carbocycles. The van der Waals surface area contributed by atoms with Gasteiger partial charge in [0.2, 0.25) is 0 Å². The van der Waals surface area contributed by atoms with Crippen molar-refractivity contribution in [2.24, 2.45) is 0 Å². The lowest BCUT2D eigenvalue weighted by atomic mass is 10.2. The fourth-order valence-corrected chi connectivity index (χ4v) is 1.78. The van der Waals surface area contributed by atoms with Crippen molar-refractivity contribution in [1.82, 2.24) is 4.90 Å². The Morgan fingerprint density at radius 2 is 2.06 bits per heavy atom. The van der Waals surface area contributed by atoms with E-state index in [0.29, 0.717) is 0 Å². The van der Waals surface area contributed by atoms with E-state index in [1.807, 2.05) is 43.5 Å². The van der Waals surface area contributed by atoms with Gasteiger partial charge in [0.25, 0.3) is 0 Å². The normalized spacial score (nSPS) is 16.0. The molecule has 0 N–H and O–H groups in total. The van der Waals surface area contributed by atoms with Crippen molar-refractivity contribution < 1.29 is 9.53 Å². The number of benzene rings is 1. The van der Waals surface area contributed by atoms with E-state index in [1.165, 1.54) is 4.90 Å². The molecule has 0 unspecified atom stereocenters. The van der Waals surface area contributed by atoms with Crippen molar-refractivity contribution >= 4 is 11.8 Å². The van der Waals surface area contributed by atoms with Crippen LogP contribution >= 0.6 is 0 Å². The maximum atomic E-state index is 11.9. The Labute approximate surface area is 107 Å². The molecule has 0 saturated heterocycles. The second kappa shape index (κ2) is 5.69. The van der Waals surface area contributed by atoms with Crippen LogP contribution in [0.15, 0.2) is 42.2 Å². The molecule has 0 bridgehead atoms. The molecule has 0 radical (unpaired) electrons. The van der Waals surface area contributed by atoms with E-state index in [9.17, 15) is 4.79 Å². The highest BCUT2D eigenvalue weighted by molar-refractivity contribution is 5.87. The minimum absolute atomic E-state index is 0.336. The number of ether oxygens (including phenoxy) is 1. The van der Waals surface area contributed by atoms with Crippen molar-refractivity contribution in [2.45, 2.75) is 6.42 Å². The highest BCUT2D eigenvalue weighted by Gasteiger charge is 2.16. The third-order valence-electron chi connectivity index (χ3n) is 3.01. The molecule has 1 aliphatic heterocycles. The molecule has 0 aromatic heterocycles. The topological polar surface area (TPSA) is 32.8 Å². The summed E-state index contributed by atoms with van der Waals surface area (Å²) in [5.41, 5.74) is 0.830. The van der Waals surface area contributed by atoms with Crippen LogP contribution in [-0.4, -0.2) is 38.2 Å². The molecule has 18 heavy (non-hydrogen) atoms. The Morgan fingerprint density at radius 1 is 1.33 bits per heavy atom. The van der Waals surface area contributed by atoms with Crippen LogP contribution < -0.4 is 4.90 Å². The summed E-state index contributed by atoms with van der Waals surface area (Å²) in [4.78, 5) is 15.6. The van der Waals surface area contributed by atoms with Crippen molar-refractivity contribution in [3.63, 3.8) is 0 Å². The van der Waals surface area contributed by atoms with E-state index in [1.54, 1.807) is 7.05 Å². The molecule has 0 saturated carbocycles. The molecule has 1 amide bonds. The molecule has 96 valence electrons. The van der Waals surface area contributed by atoms with Gasteiger partial charge < -0.3 is 9.64 Å². The van der Waals surface area contributed by atoms with Crippen molar-refractivity contribution in [1.29, 1.82) is 0 Å². The van der Waals surface area contributed by atoms with Gasteiger partial charge in [-0.25, -0.2) is 4.79 Å². The number of para-hydroxylation sites is 1. The summed E-state index contributed by atoms with van der Waals surface area (Å²) in [5.74, 6) is 0.765. The highest BCUT2D eigenvalue weighted by Crippen LogP contribution is 2.16. The van der Waals surface area contributed by atoms with Gasteiger partial charge in [-0.05, 0) is 25.3 Å². The average molecular weight is 246 g/mol. The molecular formula is C14H18N2O2. The predicted molar refractivity (Wildman–Crippen MR) is 71.5 cm³/mol. The van der Waals surface area contributed by atoms with Crippen molar-refractivity contribution in [3.05, 3.63) is 42.2 Å². The highest BCUT2D eigenvalue weighted by atomic mass is 16.6. The first-order valence-electron chi connectivity index (χ1n) is 6.05. The summed E-state index contributed by atoms with van der Waals surface area (Å²) in [6.07, 6.45) is 2.41. The number of hydrogen-bond donors (Lipinski definition) is 0. The Morgan fingerprint density at radius 3 is 2.67 bits per heavy atom. The Bertz CT molecular complexity index is 442. The lowest BCUT2D eigenvalue weighted by Crippen LogP contribution is -2.30. The minimum atomic E-state index is -0.336. The van der Waals surface area contributed by atoms with Crippen molar-refractivity contribution in [3.8, 4) is 0 Å². The van der Waals surface area contributed by atoms with E-state index in [4.69, 9.17) is 4.74 Å². The molecule has 1 aromatic rings. The van der Waals surface area contributed by atoms with Crippen LogP contribution in [0.4, 0.5) is 10.5 Å². The zero-order chi connectivity index (χ0) is 13.0. The quantitative estimate of drug-likeness (QED) is 0.803. The van der Waals surface area contributed by atoms with Gasteiger partial charge in [-0.3, -0.25) is 4.90 Å². The second-order valence-corrected chi connectivity index (χ2v) is 4.45. The van der Waals surface area contributed by atoms with Crippen LogP contribution in [0.5, 0.6) is 0 Å². The van der Waals surface area contributed by atoms with E-state index in [2.05, 4.69) is 4.90 Å². The molecular weight excluding hydrogens is 228 g/mol. The van der Waals surface area contributed by atoms with Gasteiger partial charge in [-0.2, -0.15) is 0 Å². The van der Waals surface area contributed by atoms with Crippen molar-refractivity contribution in [2.75, 3.05) is 32.1 Å². The number of rotatable bonds is 2. The van der Waals surface area contributed by atoms with E-state index in [0.717, 1.165) is 31.0 Å². The van der Waals surface area contributed by atoms with Crippen LogP contribution in [0.1, 0.15) is 6.42 Å². The Kier molecular flexibility index (Phi) is 3.99. The van der Waals surface area contributed by atoms with Gasteiger partial charge >= 0.3 is 6.09 Å². The number of carbonyl (C=O) groups is 1. The van der Waals surface area contributed by atoms with Gasteiger partial charge in [0, 0.05) is 32.2 Å². The predicted octanol–water partition coefficient (Wildman–Crippen LogP) is 2.48. The van der Waals surface area contributed by atoms with Crippen LogP contribution in [-0.2, 0) is 4.74 Å².